The fraction of sp³-hybridized carbons (Fsp3) is 0.375. The van der Waals surface area contributed by atoms with Crippen LogP contribution in [0.15, 0.2) is 48.5 Å². The van der Waals surface area contributed by atoms with Gasteiger partial charge in [0.15, 0.2) is 0 Å². The average molecular weight is 441 g/mol. The van der Waals surface area contributed by atoms with Gasteiger partial charge in [-0.25, -0.2) is 0 Å². The Morgan fingerprint density at radius 3 is 2.31 bits per heavy atom. The van der Waals surface area contributed by atoms with E-state index in [1.807, 2.05) is 19.9 Å². The summed E-state index contributed by atoms with van der Waals surface area (Å²) in [6.07, 6.45) is 0.746. The molecule has 0 aliphatic heterocycles. The van der Waals surface area contributed by atoms with Crippen molar-refractivity contribution >= 4 is 29.1 Å². The van der Waals surface area contributed by atoms with Gasteiger partial charge in [0.25, 0.3) is 11.8 Å². The Balaban J connectivity index is 1.85. The number of hydrogen-bond acceptors (Lipinski definition) is 5. The first-order valence-corrected chi connectivity index (χ1v) is 10.8. The van der Waals surface area contributed by atoms with E-state index in [9.17, 15) is 14.4 Å². The molecule has 0 radical (unpaired) electrons. The minimum Gasteiger partial charge on any atom is -0.385 e. The number of hydrogen-bond donors (Lipinski definition) is 3. The predicted molar refractivity (Wildman–Crippen MR) is 126 cm³/mol. The normalized spacial score (nSPS) is 10.3. The van der Waals surface area contributed by atoms with Crippen LogP contribution in [0.3, 0.4) is 0 Å². The molecule has 0 bridgehead atoms. The van der Waals surface area contributed by atoms with Gasteiger partial charge in [0.2, 0.25) is 5.91 Å². The number of amides is 3. The molecule has 2 aromatic rings. The van der Waals surface area contributed by atoms with Gasteiger partial charge in [0.1, 0.15) is 0 Å². The van der Waals surface area contributed by atoms with E-state index in [4.69, 9.17) is 4.74 Å². The third-order valence-corrected chi connectivity index (χ3v) is 4.85. The standard InChI is InChI=1S/C24H32N4O4/c1-4-28(5-2)24(31)19-8-6-9-21(16-19)26-17-22(29)27-20-12-10-18(11-13-20)23(30)25-14-7-15-32-3/h6,8-13,16,26H,4-5,7,14-15,17H2,1-3H3,(H,25,30)(H,27,29). The van der Waals surface area contributed by atoms with Crippen LogP contribution < -0.4 is 16.0 Å². The fourth-order valence-corrected chi connectivity index (χ4v) is 3.07. The number of ether oxygens (including phenoxy) is 1. The van der Waals surface area contributed by atoms with Crippen molar-refractivity contribution in [3.8, 4) is 0 Å². The Bertz CT molecular complexity index is 895. The summed E-state index contributed by atoms with van der Waals surface area (Å²) in [4.78, 5) is 38.6. The van der Waals surface area contributed by atoms with E-state index in [1.165, 1.54) is 0 Å². The first-order valence-electron chi connectivity index (χ1n) is 10.8. The number of nitrogens with zero attached hydrogens (tertiary/aromatic N) is 1. The first-order chi connectivity index (χ1) is 15.5. The molecule has 2 aromatic carbocycles. The molecule has 0 aromatic heterocycles. The highest BCUT2D eigenvalue weighted by molar-refractivity contribution is 5.97. The van der Waals surface area contributed by atoms with Gasteiger partial charge in [-0.3, -0.25) is 14.4 Å². The van der Waals surface area contributed by atoms with Crippen molar-refractivity contribution in [1.29, 1.82) is 0 Å². The topological polar surface area (TPSA) is 99.8 Å². The third kappa shape index (κ3) is 7.70. The van der Waals surface area contributed by atoms with E-state index < -0.39 is 0 Å². The highest BCUT2D eigenvalue weighted by Crippen LogP contribution is 2.13. The van der Waals surface area contributed by atoms with Gasteiger partial charge in [0, 0.05) is 55.9 Å². The number of nitrogens with one attached hydrogen (secondary N) is 3. The van der Waals surface area contributed by atoms with E-state index in [1.54, 1.807) is 54.5 Å². The quantitative estimate of drug-likeness (QED) is 0.441. The molecular formula is C24H32N4O4. The molecule has 0 fully saturated rings. The first kappa shape index (κ1) is 24.9. The van der Waals surface area contributed by atoms with Crippen LogP contribution in [0, 0.1) is 0 Å². The molecule has 8 heteroatoms. The third-order valence-electron chi connectivity index (χ3n) is 4.85. The number of benzene rings is 2. The van der Waals surface area contributed by atoms with E-state index in [0.29, 0.717) is 48.7 Å². The number of carbonyl (C=O) groups excluding carboxylic acids is 3. The molecule has 2 rings (SSSR count). The summed E-state index contributed by atoms with van der Waals surface area (Å²) in [7, 11) is 1.62. The van der Waals surface area contributed by atoms with Gasteiger partial charge in [0.05, 0.1) is 6.54 Å². The maximum Gasteiger partial charge on any atom is 0.253 e. The molecule has 0 spiro atoms. The minimum absolute atomic E-state index is 0.0362. The maximum absolute atomic E-state index is 12.5. The van der Waals surface area contributed by atoms with Crippen LogP contribution in [-0.4, -0.2) is 62.5 Å². The average Bonchev–Trinajstić information content (AvgIpc) is 2.82. The van der Waals surface area contributed by atoms with Gasteiger partial charge >= 0.3 is 0 Å². The summed E-state index contributed by atoms with van der Waals surface area (Å²) in [6, 6.07) is 13.8. The molecule has 0 saturated heterocycles. The van der Waals surface area contributed by atoms with Gasteiger partial charge < -0.3 is 25.6 Å². The summed E-state index contributed by atoms with van der Waals surface area (Å²) in [5, 5.41) is 8.64. The summed E-state index contributed by atoms with van der Waals surface area (Å²) in [6.45, 7) is 6.35. The minimum atomic E-state index is -0.234. The van der Waals surface area contributed by atoms with E-state index in [2.05, 4.69) is 16.0 Å². The second-order valence-corrected chi connectivity index (χ2v) is 7.14. The largest absolute Gasteiger partial charge is 0.385 e. The highest BCUT2D eigenvalue weighted by Gasteiger charge is 2.13. The number of anilines is 2. The molecule has 172 valence electrons. The van der Waals surface area contributed by atoms with Crippen LogP contribution in [0.4, 0.5) is 11.4 Å². The molecule has 0 aliphatic carbocycles. The van der Waals surface area contributed by atoms with Crippen molar-refractivity contribution < 1.29 is 19.1 Å². The van der Waals surface area contributed by atoms with Gasteiger partial charge in [-0.2, -0.15) is 0 Å². The second kappa shape index (κ2) is 13.1. The van der Waals surface area contributed by atoms with Crippen LogP contribution in [0.1, 0.15) is 41.0 Å². The Morgan fingerprint density at radius 2 is 1.66 bits per heavy atom. The highest BCUT2D eigenvalue weighted by atomic mass is 16.5. The van der Waals surface area contributed by atoms with Crippen molar-refractivity contribution in [3.63, 3.8) is 0 Å². The lowest BCUT2D eigenvalue weighted by molar-refractivity contribution is -0.114. The van der Waals surface area contributed by atoms with E-state index in [-0.39, 0.29) is 24.3 Å². The smallest absolute Gasteiger partial charge is 0.253 e. The van der Waals surface area contributed by atoms with Crippen LogP contribution in [0.2, 0.25) is 0 Å². The lowest BCUT2D eigenvalue weighted by atomic mass is 10.1. The van der Waals surface area contributed by atoms with Crippen molar-refractivity contribution in [1.82, 2.24) is 10.2 Å². The fourth-order valence-electron chi connectivity index (χ4n) is 3.07. The van der Waals surface area contributed by atoms with Crippen LogP contribution in [0.25, 0.3) is 0 Å². The van der Waals surface area contributed by atoms with Crippen molar-refractivity contribution in [2.75, 3.05) is 50.5 Å². The van der Waals surface area contributed by atoms with Crippen LogP contribution in [-0.2, 0) is 9.53 Å². The number of rotatable bonds is 12. The molecule has 3 amide bonds. The molecular weight excluding hydrogens is 408 g/mol. The zero-order chi connectivity index (χ0) is 23.3. The van der Waals surface area contributed by atoms with Crippen LogP contribution in [0.5, 0.6) is 0 Å². The van der Waals surface area contributed by atoms with Crippen LogP contribution >= 0.6 is 0 Å². The van der Waals surface area contributed by atoms with Crippen molar-refractivity contribution in [2.24, 2.45) is 0 Å². The Hall–Kier alpha value is -3.39. The zero-order valence-corrected chi connectivity index (χ0v) is 18.9. The Kier molecular flexibility index (Phi) is 10.2. The summed E-state index contributed by atoms with van der Waals surface area (Å²) >= 11 is 0. The monoisotopic (exact) mass is 440 g/mol. The van der Waals surface area contributed by atoms with Crippen molar-refractivity contribution in [3.05, 3.63) is 59.7 Å². The van der Waals surface area contributed by atoms with E-state index in [0.717, 1.165) is 6.42 Å². The van der Waals surface area contributed by atoms with Crippen molar-refractivity contribution in [2.45, 2.75) is 20.3 Å². The van der Waals surface area contributed by atoms with Gasteiger partial charge in [-0.15, -0.1) is 0 Å². The summed E-state index contributed by atoms with van der Waals surface area (Å²) in [5.41, 5.74) is 2.39. The van der Waals surface area contributed by atoms with E-state index >= 15 is 0 Å². The molecule has 0 saturated carbocycles. The SMILES string of the molecule is CCN(CC)C(=O)c1cccc(NCC(=O)Nc2ccc(C(=O)NCCCOC)cc2)c1. The molecule has 0 aliphatic rings. The molecule has 3 N–H and O–H groups in total. The zero-order valence-electron chi connectivity index (χ0n) is 18.9. The number of carbonyl (C=O) groups is 3. The predicted octanol–water partition coefficient (Wildman–Crippen LogP) is 2.99. The lowest BCUT2D eigenvalue weighted by Gasteiger charge is -2.19. The molecule has 0 heterocycles. The summed E-state index contributed by atoms with van der Waals surface area (Å²) < 4.78 is 4.95. The lowest BCUT2D eigenvalue weighted by Crippen LogP contribution is -2.30. The molecule has 32 heavy (non-hydrogen) atoms. The molecule has 0 unspecified atom stereocenters. The van der Waals surface area contributed by atoms with Gasteiger partial charge in [-0.05, 0) is 62.7 Å². The Labute approximate surface area is 189 Å². The second-order valence-electron chi connectivity index (χ2n) is 7.14. The number of methoxy groups -OCH3 is 1. The maximum atomic E-state index is 12.5. The van der Waals surface area contributed by atoms with Gasteiger partial charge in [-0.1, -0.05) is 6.07 Å². The molecule has 8 nitrogen and oxygen atoms in total. The molecule has 0 atom stereocenters. The Morgan fingerprint density at radius 1 is 0.938 bits per heavy atom. The summed E-state index contributed by atoms with van der Waals surface area (Å²) in [5.74, 6) is -0.437.